The number of fused-ring (bicyclic) bond motifs is 5. The molecule has 0 aromatic heterocycles. The van der Waals surface area contributed by atoms with Crippen molar-refractivity contribution in [3.05, 3.63) is 11.6 Å². The van der Waals surface area contributed by atoms with Gasteiger partial charge in [0.15, 0.2) is 12.6 Å². The Kier molecular flexibility index (Phi) is 12.5. The maximum Gasteiger partial charge on any atom is 0.187 e. The number of ether oxygens (including phenoxy) is 4. The van der Waals surface area contributed by atoms with E-state index in [4.69, 9.17) is 18.9 Å². The van der Waals surface area contributed by atoms with Crippen LogP contribution in [-0.4, -0.2) is 138 Å². The molecule has 6 aliphatic rings. The number of allylic oxidation sites excluding steroid dienone is 2. The Morgan fingerprint density at radius 3 is 1.95 bits per heavy atom. The van der Waals surface area contributed by atoms with Gasteiger partial charge in [-0.1, -0.05) is 46.3 Å². The van der Waals surface area contributed by atoms with Gasteiger partial charge in [0.25, 0.3) is 0 Å². The minimum atomic E-state index is -1.75. The van der Waals surface area contributed by atoms with Crippen LogP contribution in [0.1, 0.15) is 113 Å². The maximum atomic E-state index is 12.2. The van der Waals surface area contributed by atoms with E-state index in [0.29, 0.717) is 19.3 Å². The lowest BCUT2D eigenvalue weighted by Gasteiger charge is -2.70. The van der Waals surface area contributed by atoms with Crippen molar-refractivity contribution in [1.82, 2.24) is 0 Å². The van der Waals surface area contributed by atoms with Gasteiger partial charge in [-0.25, -0.2) is 0 Å². The second-order valence-corrected chi connectivity index (χ2v) is 20.1. The summed E-state index contributed by atoms with van der Waals surface area (Å²) in [5.41, 5.74) is -0.405. The first-order chi connectivity index (χ1) is 25.6. The monoisotopic (exact) mass is 784 g/mol. The van der Waals surface area contributed by atoms with E-state index >= 15 is 0 Å². The third-order valence-corrected chi connectivity index (χ3v) is 16.6. The summed E-state index contributed by atoms with van der Waals surface area (Å²) in [6, 6.07) is 0. The first kappa shape index (κ1) is 43.8. The van der Waals surface area contributed by atoms with Crippen LogP contribution in [0.25, 0.3) is 0 Å². The van der Waals surface area contributed by atoms with Crippen molar-refractivity contribution >= 4 is 0 Å². The van der Waals surface area contributed by atoms with Gasteiger partial charge in [0.05, 0.1) is 31.0 Å². The highest BCUT2D eigenvalue weighted by molar-refractivity contribution is 5.20. The van der Waals surface area contributed by atoms with E-state index in [1.807, 2.05) is 6.92 Å². The average Bonchev–Trinajstić information content (AvgIpc) is 3.50. The molecule has 20 atom stereocenters. The average molecular weight is 785 g/mol. The molecule has 0 bridgehead atoms. The van der Waals surface area contributed by atoms with Gasteiger partial charge in [-0.3, -0.25) is 0 Å². The fourth-order valence-corrected chi connectivity index (χ4v) is 13.3. The topological polar surface area (TPSA) is 219 Å². The molecular weight excluding hydrogens is 712 g/mol. The summed E-state index contributed by atoms with van der Waals surface area (Å²) < 4.78 is 24.4. The normalized spacial score (nSPS) is 52.0. The molecule has 9 N–H and O–H groups in total. The third kappa shape index (κ3) is 7.20. The zero-order chi connectivity index (χ0) is 40.6. The van der Waals surface area contributed by atoms with Gasteiger partial charge in [0, 0.05) is 0 Å². The molecule has 6 fully saturated rings. The van der Waals surface area contributed by atoms with Crippen LogP contribution in [0, 0.1) is 45.3 Å². The van der Waals surface area contributed by atoms with Crippen LogP contribution in [0.15, 0.2) is 11.6 Å². The summed E-state index contributed by atoms with van der Waals surface area (Å²) in [4.78, 5) is 0. The molecule has 0 spiro atoms. The molecule has 0 aromatic carbocycles. The molecule has 0 radical (unpaired) electrons. The van der Waals surface area contributed by atoms with E-state index in [9.17, 15) is 46.0 Å². The van der Waals surface area contributed by atoms with Crippen molar-refractivity contribution in [2.45, 2.75) is 192 Å². The molecule has 2 saturated heterocycles. The molecular formula is C42H72O13. The predicted molar refractivity (Wildman–Crippen MR) is 201 cm³/mol. The van der Waals surface area contributed by atoms with Gasteiger partial charge in [0.2, 0.25) is 0 Å². The summed E-state index contributed by atoms with van der Waals surface area (Å²) in [6.07, 6.45) is -6.48. The Labute approximate surface area is 327 Å². The number of aliphatic hydroxyl groups excluding tert-OH is 8. The molecule has 2 aliphatic heterocycles. The summed E-state index contributed by atoms with van der Waals surface area (Å²) in [5.74, 6) is 0.445. The summed E-state index contributed by atoms with van der Waals surface area (Å²) in [5, 5.41) is 97.4. The molecule has 4 saturated carbocycles. The quantitative estimate of drug-likeness (QED) is 0.115. The van der Waals surface area contributed by atoms with Crippen molar-refractivity contribution in [3.8, 4) is 0 Å². The van der Waals surface area contributed by atoms with Crippen LogP contribution >= 0.6 is 0 Å². The zero-order valence-electron chi connectivity index (χ0n) is 34.3. The Morgan fingerprint density at radius 2 is 1.33 bits per heavy atom. The zero-order valence-corrected chi connectivity index (χ0v) is 34.3. The van der Waals surface area contributed by atoms with Gasteiger partial charge >= 0.3 is 0 Å². The van der Waals surface area contributed by atoms with Crippen molar-refractivity contribution in [2.75, 3.05) is 13.2 Å². The van der Waals surface area contributed by atoms with Gasteiger partial charge in [-0.15, -0.1) is 0 Å². The highest BCUT2D eigenvalue weighted by Crippen LogP contribution is 2.76. The van der Waals surface area contributed by atoms with Crippen molar-refractivity contribution in [3.63, 3.8) is 0 Å². The van der Waals surface area contributed by atoms with Gasteiger partial charge in [-0.2, -0.15) is 0 Å². The first-order valence-electron chi connectivity index (χ1n) is 20.9. The number of hydrogen-bond acceptors (Lipinski definition) is 13. The van der Waals surface area contributed by atoms with Crippen LogP contribution in [0.4, 0.5) is 0 Å². The van der Waals surface area contributed by atoms with E-state index in [2.05, 4.69) is 54.5 Å². The summed E-state index contributed by atoms with van der Waals surface area (Å²) >= 11 is 0. The highest BCUT2D eigenvalue weighted by Gasteiger charge is 2.71. The van der Waals surface area contributed by atoms with Gasteiger partial charge < -0.3 is 64.9 Å². The van der Waals surface area contributed by atoms with E-state index in [1.54, 1.807) is 0 Å². The molecule has 13 nitrogen and oxygen atoms in total. The van der Waals surface area contributed by atoms with Crippen LogP contribution in [0.3, 0.4) is 0 Å². The summed E-state index contributed by atoms with van der Waals surface area (Å²) in [6.45, 7) is 16.5. The molecule has 2 heterocycles. The third-order valence-electron chi connectivity index (χ3n) is 16.6. The van der Waals surface area contributed by atoms with Crippen LogP contribution in [-0.2, 0) is 18.9 Å². The molecule has 0 aromatic rings. The lowest BCUT2D eigenvalue weighted by molar-refractivity contribution is -0.378. The maximum absolute atomic E-state index is 12.2. The van der Waals surface area contributed by atoms with E-state index in [0.717, 1.165) is 38.5 Å². The van der Waals surface area contributed by atoms with E-state index < -0.39 is 97.8 Å². The standard InChI is InChI=1S/C42H72O13/c1-21(2)10-9-14-42(8,51)22-11-16-41(7)29(22)23(45)18-27-39(5)15-13-28(38(3,4)26(39)12-17-40(27,41)6)54-37-35(33(49)31(47)25(20-44)53-37)55-36-34(50)32(48)30(46)24(19-43)52-36/h10,22-37,43-51H,9,11-20H2,1-8H3/t22?,23-,24-,25-,26+,27-,28+,29?,30-,31-,32+,33+,34-,35-,36+,37-,39+,40-,41-,42?/m1/s1. The number of aliphatic hydroxyl groups is 9. The predicted octanol–water partition coefficient (Wildman–Crippen LogP) is 2.15. The second kappa shape index (κ2) is 15.7. The number of hydrogen-bond donors (Lipinski definition) is 9. The Balaban J connectivity index is 1.23. The van der Waals surface area contributed by atoms with Crippen molar-refractivity contribution in [2.24, 2.45) is 45.3 Å². The lowest BCUT2D eigenvalue weighted by atomic mass is 9.35. The molecule has 0 amide bonds. The minimum Gasteiger partial charge on any atom is -0.394 e. The van der Waals surface area contributed by atoms with E-state index in [1.165, 1.54) is 5.57 Å². The summed E-state index contributed by atoms with van der Waals surface area (Å²) in [7, 11) is 0. The molecule has 318 valence electrons. The Hall–Kier alpha value is -0.780. The molecule has 4 aliphatic carbocycles. The SMILES string of the molecule is CC(C)=CCCC(C)(O)C1CC[C@]2(C)C1[C@H](O)C[C@@H]1[C@@]3(C)CC[C@H](O[C@H]4O[C@H](CO)[C@@H](O)[C@H](O)[C@H]4O[C@@H]4O[C@H](CO)[C@@H](O)[C@H](O)[C@H]4O)C(C)(C)[C@@H]3CC[C@]12C. The lowest BCUT2D eigenvalue weighted by Crippen LogP contribution is -2.68. The van der Waals surface area contributed by atoms with Crippen molar-refractivity contribution < 1.29 is 64.9 Å². The second-order valence-electron chi connectivity index (χ2n) is 20.1. The van der Waals surface area contributed by atoms with Gasteiger partial charge in [-0.05, 0) is 124 Å². The number of rotatable bonds is 10. The Morgan fingerprint density at radius 1 is 0.727 bits per heavy atom. The van der Waals surface area contributed by atoms with Crippen molar-refractivity contribution in [1.29, 1.82) is 0 Å². The van der Waals surface area contributed by atoms with Crippen LogP contribution < -0.4 is 0 Å². The fourth-order valence-electron chi connectivity index (χ4n) is 13.3. The van der Waals surface area contributed by atoms with Gasteiger partial charge in [0.1, 0.15) is 48.8 Å². The minimum absolute atomic E-state index is 0.00798. The largest absolute Gasteiger partial charge is 0.394 e. The molecule has 6 rings (SSSR count). The van der Waals surface area contributed by atoms with E-state index in [-0.39, 0.29) is 39.9 Å². The van der Waals surface area contributed by atoms with Crippen LogP contribution in [0.2, 0.25) is 0 Å². The smallest absolute Gasteiger partial charge is 0.187 e. The fraction of sp³-hybridized carbons (Fsp3) is 0.952. The molecule has 3 unspecified atom stereocenters. The highest BCUT2D eigenvalue weighted by atomic mass is 16.8. The molecule has 55 heavy (non-hydrogen) atoms. The molecule has 13 heteroatoms. The van der Waals surface area contributed by atoms with Crippen LogP contribution in [0.5, 0.6) is 0 Å². The Bertz CT molecular complexity index is 1370. The first-order valence-corrected chi connectivity index (χ1v) is 20.9.